The Morgan fingerprint density at radius 3 is 2.05 bits per heavy atom. The number of methoxy groups -OCH3 is 1. The second-order valence-electron chi connectivity index (χ2n) is 4.16. The third-order valence-electron chi connectivity index (χ3n) is 3.07. The number of carbonyl (C=O) groups excluding carboxylic acids is 1. The van der Waals surface area contributed by atoms with Gasteiger partial charge >= 0.3 is 0 Å². The van der Waals surface area contributed by atoms with E-state index in [1.807, 2.05) is 13.8 Å². The lowest BCUT2D eigenvalue weighted by Crippen LogP contribution is -2.22. The number of rotatable bonds is 3. The van der Waals surface area contributed by atoms with Crippen molar-refractivity contribution in [2.24, 2.45) is 0 Å². The highest BCUT2D eigenvalue weighted by Gasteiger charge is 2.18. The first-order valence-corrected chi connectivity index (χ1v) is 7.05. The third kappa shape index (κ3) is 6.97. The van der Waals surface area contributed by atoms with Crippen LogP contribution < -0.4 is 0 Å². The van der Waals surface area contributed by atoms with Gasteiger partial charge in [-0.15, -0.1) is 0 Å². The van der Waals surface area contributed by atoms with Crippen molar-refractivity contribution in [3.8, 4) is 0 Å². The molecule has 0 aliphatic carbocycles. The first-order chi connectivity index (χ1) is 9.29. The summed E-state index contributed by atoms with van der Waals surface area (Å²) in [6, 6.07) is 11.4. The maximum atomic E-state index is 8.95. The fraction of sp³-hybridized carbons (Fsp3) is 0.562. The van der Waals surface area contributed by atoms with E-state index >= 15 is 0 Å². The molecule has 0 saturated carbocycles. The first-order valence-electron chi connectivity index (χ1n) is 7.05. The van der Waals surface area contributed by atoms with E-state index in [-0.39, 0.29) is 0 Å². The van der Waals surface area contributed by atoms with Crippen molar-refractivity contribution in [2.75, 3.05) is 20.2 Å². The van der Waals surface area contributed by atoms with Crippen molar-refractivity contribution in [3.05, 3.63) is 35.9 Å². The molecule has 1 aromatic carbocycles. The molecule has 1 unspecified atom stereocenters. The van der Waals surface area contributed by atoms with Gasteiger partial charge in [0.25, 0.3) is 6.47 Å². The fourth-order valence-corrected chi connectivity index (χ4v) is 2.07. The second-order valence-corrected chi connectivity index (χ2v) is 4.16. The van der Waals surface area contributed by atoms with Crippen molar-refractivity contribution >= 4 is 6.47 Å². The lowest BCUT2D eigenvalue weighted by atomic mass is 10.1. The lowest BCUT2D eigenvalue weighted by Gasteiger charge is -2.23. The molecule has 0 N–H and O–H groups in total. The van der Waals surface area contributed by atoms with Gasteiger partial charge in [0.05, 0.1) is 7.11 Å². The molecule has 3 heteroatoms. The molecule has 1 aromatic rings. The Balaban J connectivity index is 0.000000467. The Hall–Kier alpha value is -1.35. The smallest absolute Gasteiger partial charge is 0.292 e. The summed E-state index contributed by atoms with van der Waals surface area (Å²) in [4.78, 5) is 11.5. The van der Waals surface area contributed by atoms with Crippen LogP contribution in [-0.4, -0.2) is 31.6 Å². The molecule has 1 atom stereocenters. The lowest BCUT2D eigenvalue weighted by molar-refractivity contribution is -0.126. The average Bonchev–Trinajstić information content (AvgIpc) is 3.04. The van der Waals surface area contributed by atoms with Gasteiger partial charge in [-0.1, -0.05) is 44.2 Å². The number of hydrogen-bond acceptors (Lipinski definition) is 3. The Kier molecular flexibility index (Phi) is 10.9. The van der Waals surface area contributed by atoms with Crippen LogP contribution in [-0.2, 0) is 9.53 Å². The number of hydrogen-bond donors (Lipinski definition) is 0. The summed E-state index contributed by atoms with van der Waals surface area (Å²) in [5.74, 6) is 0. The van der Waals surface area contributed by atoms with E-state index in [9.17, 15) is 0 Å². The summed E-state index contributed by atoms with van der Waals surface area (Å²) in [7, 11) is 1.31. The van der Waals surface area contributed by atoms with Crippen LogP contribution in [0.2, 0.25) is 0 Å². The van der Waals surface area contributed by atoms with Gasteiger partial charge in [0.1, 0.15) is 0 Å². The van der Waals surface area contributed by atoms with E-state index in [1.165, 1.54) is 38.6 Å². The van der Waals surface area contributed by atoms with E-state index in [4.69, 9.17) is 4.79 Å². The van der Waals surface area contributed by atoms with E-state index in [1.54, 1.807) is 0 Å². The third-order valence-corrected chi connectivity index (χ3v) is 3.07. The fourth-order valence-electron chi connectivity index (χ4n) is 2.07. The van der Waals surface area contributed by atoms with Crippen LogP contribution in [0.3, 0.4) is 0 Å². The van der Waals surface area contributed by atoms with E-state index < -0.39 is 0 Å². The Bertz CT molecular complexity index is 308. The van der Waals surface area contributed by atoms with Crippen LogP contribution in [0, 0.1) is 0 Å². The highest BCUT2D eigenvalue weighted by Crippen LogP contribution is 2.23. The van der Waals surface area contributed by atoms with Crippen LogP contribution >= 0.6 is 0 Å². The predicted octanol–water partition coefficient (Wildman–Crippen LogP) is 3.66. The van der Waals surface area contributed by atoms with Crippen molar-refractivity contribution in [2.45, 2.75) is 39.7 Å². The molecule has 1 aliphatic rings. The molecule has 108 valence electrons. The normalized spacial score (nSPS) is 15.4. The number of likely N-dealkylation sites (tertiary alicyclic amines) is 1. The standard InChI is InChI=1S/C12H17N.C2H4O2.C2H6/c1-11(13-9-5-6-10-13)12-7-3-2-4-8-12;1-4-2-3;1-2/h2-4,7-8,11H,5-6,9-10H2,1H3;2H,1H3;1-2H3. The largest absolute Gasteiger partial charge is 0.471 e. The molecule has 1 fully saturated rings. The van der Waals surface area contributed by atoms with Gasteiger partial charge in [-0.05, 0) is 38.4 Å². The van der Waals surface area contributed by atoms with Crippen molar-refractivity contribution in [1.29, 1.82) is 0 Å². The van der Waals surface area contributed by atoms with Gasteiger partial charge in [0.15, 0.2) is 0 Å². The molecule has 19 heavy (non-hydrogen) atoms. The van der Waals surface area contributed by atoms with Crippen LogP contribution in [0.1, 0.15) is 45.2 Å². The summed E-state index contributed by atoms with van der Waals surface area (Å²) in [6.45, 7) is 9.23. The topological polar surface area (TPSA) is 29.5 Å². The zero-order valence-electron chi connectivity index (χ0n) is 12.6. The maximum absolute atomic E-state index is 8.95. The molecule has 0 amide bonds. The minimum absolute atomic E-state index is 0.375. The molecule has 0 spiro atoms. The highest BCUT2D eigenvalue weighted by molar-refractivity contribution is 5.36. The Morgan fingerprint density at radius 1 is 1.16 bits per heavy atom. The Labute approximate surface area is 117 Å². The summed E-state index contributed by atoms with van der Waals surface area (Å²) >= 11 is 0. The van der Waals surface area contributed by atoms with Gasteiger partial charge in [0.2, 0.25) is 0 Å². The van der Waals surface area contributed by atoms with Gasteiger partial charge in [-0.25, -0.2) is 0 Å². The van der Waals surface area contributed by atoms with Gasteiger partial charge in [-0.2, -0.15) is 0 Å². The van der Waals surface area contributed by atoms with Gasteiger partial charge in [-0.3, -0.25) is 9.69 Å². The van der Waals surface area contributed by atoms with E-state index in [0.29, 0.717) is 12.5 Å². The molecular formula is C16H27NO2. The minimum Gasteiger partial charge on any atom is -0.471 e. The molecule has 3 nitrogen and oxygen atoms in total. The summed E-state index contributed by atoms with van der Waals surface area (Å²) in [6.07, 6.45) is 2.74. The number of nitrogens with zero attached hydrogens (tertiary/aromatic N) is 1. The minimum atomic E-state index is 0.375. The monoisotopic (exact) mass is 265 g/mol. The molecule has 0 bridgehead atoms. The number of carbonyl (C=O) groups is 1. The predicted molar refractivity (Wildman–Crippen MR) is 80.1 cm³/mol. The van der Waals surface area contributed by atoms with Gasteiger partial charge in [0, 0.05) is 6.04 Å². The van der Waals surface area contributed by atoms with E-state index in [0.717, 1.165) is 0 Å². The molecule has 1 aliphatic heterocycles. The summed E-state index contributed by atoms with van der Waals surface area (Å²) in [5, 5.41) is 0. The van der Waals surface area contributed by atoms with Crippen molar-refractivity contribution in [1.82, 2.24) is 4.90 Å². The quantitative estimate of drug-likeness (QED) is 0.781. The SMILES string of the molecule is CC.CC(c1ccccc1)N1CCCC1.COC=O. The summed E-state index contributed by atoms with van der Waals surface area (Å²) in [5.41, 5.74) is 1.45. The van der Waals surface area contributed by atoms with Crippen molar-refractivity contribution in [3.63, 3.8) is 0 Å². The molecule has 2 rings (SSSR count). The number of benzene rings is 1. The maximum Gasteiger partial charge on any atom is 0.292 e. The molecule has 0 radical (unpaired) electrons. The zero-order valence-corrected chi connectivity index (χ0v) is 12.6. The summed E-state index contributed by atoms with van der Waals surface area (Å²) < 4.78 is 3.86. The number of ether oxygens (including phenoxy) is 1. The van der Waals surface area contributed by atoms with Crippen LogP contribution in [0.5, 0.6) is 0 Å². The second kappa shape index (κ2) is 11.7. The highest BCUT2D eigenvalue weighted by atomic mass is 16.5. The molecular weight excluding hydrogens is 238 g/mol. The first kappa shape index (κ1) is 17.6. The van der Waals surface area contributed by atoms with Crippen LogP contribution in [0.25, 0.3) is 0 Å². The zero-order chi connectivity index (χ0) is 14.5. The molecule has 1 heterocycles. The Morgan fingerprint density at radius 2 is 1.63 bits per heavy atom. The van der Waals surface area contributed by atoms with Gasteiger partial charge < -0.3 is 4.74 Å². The van der Waals surface area contributed by atoms with Crippen molar-refractivity contribution < 1.29 is 9.53 Å². The van der Waals surface area contributed by atoms with Crippen LogP contribution in [0.15, 0.2) is 30.3 Å². The molecule has 0 aromatic heterocycles. The van der Waals surface area contributed by atoms with Crippen LogP contribution in [0.4, 0.5) is 0 Å². The van der Waals surface area contributed by atoms with E-state index in [2.05, 4.69) is 46.9 Å². The average molecular weight is 265 g/mol. The molecule has 1 saturated heterocycles.